The van der Waals surface area contributed by atoms with Crippen molar-refractivity contribution >= 4 is 64.9 Å². The summed E-state index contributed by atoms with van der Waals surface area (Å²) in [6.45, 7) is 4.79. The van der Waals surface area contributed by atoms with Crippen LogP contribution in [-0.4, -0.2) is 9.97 Å². The van der Waals surface area contributed by atoms with Crippen LogP contribution in [-0.2, 0) is 5.41 Å². The molecule has 0 atom stereocenters. The predicted octanol–water partition coefficient (Wildman–Crippen LogP) is 16.4. The van der Waals surface area contributed by atoms with Gasteiger partial charge in [-0.15, -0.1) is 0 Å². The third-order valence-corrected chi connectivity index (χ3v) is 13.9. The molecule has 13 rings (SSSR count). The highest BCUT2D eigenvalue weighted by atomic mass is 14.7. The molecule has 0 bridgehead atoms. The molecule has 0 aliphatic heterocycles. The lowest BCUT2D eigenvalue weighted by atomic mass is 9.79. The van der Waals surface area contributed by atoms with Crippen molar-refractivity contribution in [3.05, 3.63) is 218 Å². The van der Waals surface area contributed by atoms with Gasteiger partial charge in [-0.2, -0.15) is 0 Å². The lowest BCUT2D eigenvalue weighted by Gasteiger charge is -2.24. The highest BCUT2D eigenvalue weighted by Crippen LogP contribution is 2.53. The highest BCUT2D eigenvalue weighted by molar-refractivity contribution is 6.22. The predicted molar refractivity (Wildman–Crippen MR) is 266 cm³/mol. The summed E-state index contributed by atoms with van der Waals surface area (Å²) in [5.74, 6) is 0. The number of hydrogen-bond donors (Lipinski definition) is 0. The summed E-state index contributed by atoms with van der Waals surface area (Å²) in [5, 5.41) is 12.1. The molecule has 0 radical (unpaired) electrons. The van der Waals surface area contributed by atoms with Crippen LogP contribution in [0.1, 0.15) is 25.0 Å². The first-order valence-corrected chi connectivity index (χ1v) is 21.9. The quantitative estimate of drug-likeness (QED) is 0.166. The largest absolute Gasteiger partial charge is 0.256 e. The minimum atomic E-state index is -0.250. The maximum Gasteiger partial charge on any atom is 0.0792 e. The van der Waals surface area contributed by atoms with Crippen molar-refractivity contribution in [2.45, 2.75) is 19.3 Å². The van der Waals surface area contributed by atoms with Crippen molar-refractivity contribution in [3.8, 4) is 55.6 Å². The van der Waals surface area contributed by atoms with E-state index in [2.05, 4.69) is 208 Å². The average molecular weight is 801 g/mol. The van der Waals surface area contributed by atoms with Gasteiger partial charge >= 0.3 is 0 Å². The monoisotopic (exact) mass is 800 g/mol. The normalized spacial score (nSPS) is 13.0. The first kappa shape index (κ1) is 35.8. The third kappa shape index (κ3) is 5.31. The van der Waals surface area contributed by atoms with Gasteiger partial charge in [0, 0.05) is 39.7 Å². The molecule has 63 heavy (non-hydrogen) atoms. The van der Waals surface area contributed by atoms with Crippen LogP contribution in [0, 0.1) is 0 Å². The van der Waals surface area contributed by atoms with Crippen molar-refractivity contribution in [1.29, 1.82) is 0 Å². The van der Waals surface area contributed by atoms with Gasteiger partial charge < -0.3 is 0 Å². The van der Waals surface area contributed by atoms with E-state index in [0.29, 0.717) is 0 Å². The Hall–Kier alpha value is -7.94. The standard InChI is InChI=1S/C61H40N2/c1-61(2)53-35-43(55-47-17-7-9-19-49(47)57(59-51(55)21-11-31-62-59)41-25-23-37-13-3-5-15-39(37)33-41)27-29-45(53)46-30-28-44(36-54(46)61)56-48-18-8-10-20-50(48)58(60-52(56)22-12-32-63-60)42-26-24-38-14-4-6-16-40(38)34-42/h3-36H,1-2H3. The Morgan fingerprint density at radius 3 is 1.10 bits per heavy atom. The van der Waals surface area contributed by atoms with E-state index in [1.165, 1.54) is 110 Å². The summed E-state index contributed by atoms with van der Waals surface area (Å²) in [6, 6.07) is 71.5. The molecule has 1 aliphatic carbocycles. The van der Waals surface area contributed by atoms with Crippen LogP contribution >= 0.6 is 0 Å². The molecular weight excluding hydrogens is 761 g/mol. The summed E-state index contributed by atoms with van der Waals surface area (Å²) in [6.07, 6.45) is 3.87. The van der Waals surface area contributed by atoms with Gasteiger partial charge in [0.05, 0.1) is 11.0 Å². The lowest BCUT2D eigenvalue weighted by Crippen LogP contribution is -2.15. The fraction of sp³-hybridized carbons (Fsp3) is 0.0492. The van der Waals surface area contributed by atoms with Gasteiger partial charge in [0.2, 0.25) is 0 Å². The Labute approximate surface area is 365 Å². The fourth-order valence-corrected chi connectivity index (χ4v) is 10.9. The fourth-order valence-electron chi connectivity index (χ4n) is 10.9. The Morgan fingerprint density at radius 1 is 0.302 bits per heavy atom. The second-order valence-electron chi connectivity index (χ2n) is 17.7. The van der Waals surface area contributed by atoms with E-state index in [9.17, 15) is 0 Å². The van der Waals surface area contributed by atoms with Gasteiger partial charge in [-0.05, 0) is 135 Å². The number of pyridine rings is 2. The number of fused-ring (bicyclic) bond motifs is 9. The zero-order chi connectivity index (χ0) is 41.8. The molecule has 294 valence electrons. The van der Waals surface area contributed by atoms with Crippen molar-refractivity contribution in [2.75, 3.05) is 0 Å². The minimum absolute atomic E-state index is 0.250. The minimum Gasteiger partial charge on any atom is -0.256 e. The molecule has 0 unspecified atom stereocenters. The first-order chi connectivity index (χ1) is 31.0. The van der Waals surface area contributed by atoms with E-state index in [0.717, 1.165) is 21.8 Å². The van der Waals surface area contributed by atoms with Gasteiger partial charge in [-0.1, -0.05) is 172 Å². The molecule has 0 spiro atoms. The van der Waals surface area contributed by atoms with Crippen LogP contribution in [0.5, 0.6) is 0 Å². The van der Waals surface area contributed by atoms with Crippen LogP contribution in [0.25, 0.3) is 121 Å². The summed E-state index contributed by atoms with van der Waals surface area (Å²) >= 11 is 0. The molecule has 2 aromatic heterocycles. The van der Waals surface area contributed by atoms with Crippen molar-refractivity contribution in [1.82, 2.24) is 9.97 Å². The van der Waals surface area contributed by atoms with Gasteiger partial charge in [0.15, 0.2) is 0 Å². The van der Waals surface area contributed by atoms with E-state index >= 15 is 0 Å². The van der Waals surface area contributed by atoms with E-state index < -0.39 is 0 Å². The summed E-state index contributed by atoms with van der Waals surface area (Å²) in [4.78, 5) is 10.2. The Balaban J connectivity index is 0.973. The van der Waals surface area contributed by atoms with Crippen molar-refractivity contribution < 1.29 is 0 Å². The van der Waals surface area contributed by atoms with Crippen molar-refractivity contribution in [3.63, 3.8) is 0 Å². The molecule has 0 saturated carbocycles. The summed E-state index contributed by atoms with van der Waals surface area (Å²) in [7, 11) is 0. The van der Waals surface area contributed by atoms with Crippen LogP contribution in [0.3, 0.4) is 0 Å². The molecule has 0 amide bonds. The summed E-state index contributed by atoms with van der Waals surface area (Å²) < 4.78 is 0. The second-order valence-corrected chi connectivity index (χ2v) is 17.7. The molecule has 2 nitrogen and oxygen atoms in total. The molecule has 0 N–H and O–H groups in total. The molecule has 0 saturated heterocycles. The molecule has 12 aromatic rings. The Bertz CT molecular complexity index is 3530. The molecular formula is C61H40N2. The molecule has 2 heteroatoms. The number of rotatable bonds is 4. The molecule has 10 aromatic carbocycles. The smallest absolute Gasteiger partial charge is 0.0792 e. The SMILES string of the molecule is CC1(C)c2cc(-c3c4ccccc4c(-c4ccc5ccccc5c4)c4ncccc34)ccc2-c2ccc(-c3c4ccccc4c(-c4ccc5ccccc5c4)c4ncccc34)cc21. The topological polar surface area (TPSA) is 25.8 Å². The van der Waals surface area contributed by atoms with E-state index in [1.54, 1.807) is 0 Å². The van der Waals surface area contributed by atoms with Gasteiger partial charge in [0.25, 0.3) is 0 Å². The highest BCUT2D eigenvalue weighted by Gasteiger charge is 2.36. The second kappa shape index (κ2) is 13.5. The van der Waals surface area contributed by atoms with Crippen LogP contribution in [0.15, 0.2) is 207 Å². The van der Waals surface area contributed by atoms with E-state index in [4.69, 9.17) is 9.97 Å². The van der Waals surface area contributed by atoms with E-state index in [1.807, 2.05) is 12.4 Å². The average Bonchev–Trinajstić information content (AvgIpc) is 3.56. The van der Waals surface area contributed by atoms with Gasteiger partial charge in [-0.25, -0.2) is 0 Å². The van der Waals surface area contributed by atoms with E-state index in [-0.39, 0.29) is 5.41 Å². The zero-order valence-electron chi connectivity index (χ0n) is 35.0. The number of benzene rings is 10. The maximum absolute atomic E-state index is 5.12. The van der Waals surface area contributed by atoms with Gasteiger partial charge in [0.1, 0.15) is 0 Å². The van der Waals surface area contributed by atoms with Crippen LogP contribution < -0.4 is 0 Å². The number of aromatic nitrogens is 2. The Kier molecular flexibility index (Phi) is 7.68. The lowest BCUT2D eigenvalue weighted by molar-refractivity contribution is 0.661. The number of hydrogen-bond acceptors (Lipinski definition) is 2. The third-order valence-electron chi connectivity index (χ3n) is 13.9. The molecule has 2 heterocycles. The van der Waals surface area contributed by atoms with Crippen LogP contribution in [0.2, 0.25) is 0 Å². The van der Waals surface area contributed by atoms with Crippen molar-refractivity contribution in [2.24, 2.45) is 0 Å². The van der Waals surface area contributed by atoms with Gasteiger partial charge in [-0.3, -0.25) is 9.97 Å². The molecule has 0 fully saturated rings. The summed E-state index contributed by atoms with van der Waals surface area (Å²) in [5.41, 5.74) is 16.7. The van der Waals surface area contributed by atoms with Crippen LogP contribution in [0.4, 0.5) is 0 Å². The zero-order valence-corrected chi connectivity index (χ0v) is 35.0. The first-order valence-electron chi connectivity index (χ1n) is 21.9. The Morgan fingerprint density at radius 2 is 0.651 bits per heavy atom. The molecule has 1 aliphatic rings. The maximum atomic E-state index is 5.12. The number of nitrogens with zero attached hydrogens (tertiary/aromatic N) is 2.